The van der Waals surface area contributed by atoms with Gasteiger partial charge in [0.05, 0.1) is 11.2 Å². The Labute approximate surface area is 236 Å². The summed E-state index contributed by atoms with van der Waals surface area (Å²) in [6.45, 7) is 9.17. The minimum Gasteiger partial charge on any atom is -0.310 e. The maximum absolute atomic E-state index is 5.06. The van der Waals surface area contributed by atoms with E-state index in [9.17, 15) is 0 Å². The lowest BCUT2D eigenvalue weighted by atomic mass is 9.81. The Kier molecular flexibility index (Phi) is 5.61. The predicted molar refractivity (Wildman–Crippen MR) is 169 cm³/mol. The van der Waals surface area contributed by atoms with Crippen LogP contribution < -0.4 is 4.90 Å². The fourth-order valence-electron chi connectivity index (χ4n) is 6.34. The lowest BCUT2D eigenvalue weighted by molar-refractivity contribution is 0.659. The van der Waals surface area contributed by atoms with E-state index in [4.69, 9.17) is 4.98 Å². The van der Waals surface area contributed by atoms with Crippen molar-refractivity contribution in [3.05, 3.63) is 144 Å². The average Bonchev–Trinajstić information content (AvgIpc) is 3.18. The van der Waals surface area contributed by atoms with Crippen molar-refractivity contribution in [1.29, 1.82) is 0 Å². The van der Waals surface area contributed by atoms with Crippen molar-refractivity contribution in [1.82, 2.24) is 4.98 Å². The molecule has 6 aromatic rings. The average molecular weight is 517 g/mol. The summed E-state index contributed by atoms with van der Waals surface area (Å²) in [5, 5.41) is 1.17. The Morgan fingerprint density at radius 1 is 0.550 bits per heavy atom. The lowest BCUT2D eigenvalue weighted by Crippen LogP contribution is -2.16. The van der Waals surface area contributed by atoms with Gasteiger partial charge in [-0.05, 0) is 95.8 Å². The van der Waals surface area contributed by atoms with Crippen molar-refractivity contribution in [3.63, 3.8) is 0 Å². The number of aryl methyl sites for hydroxylation is 2. The van der Waals surface area contributed by atoms with Crippen LogP contribution in [0, 0.1) is 13.8 Å². The number of nitrogens with zero attached hydrogens (tertiary/aromatic N) is 2. The zero-order valence-corrected chi connectivity index (χ0v) is 23.4. The second kappa shape index (κ2) is 9.20. The molecule has 0 N–H and O–H groups in total. The molecule has 0 saturated carbocycles. The van der Waals surface area contributed by atoms with Gasteiger partial charge in [-0.3, -0.25) is 0 Å². The molecule has 0 aliphatic heterocycles. The number of aromatic nitrogens is 1. The normalized spacial score (nSPS) is 13.2. The highest BCUT2D eigenvalue weighted by atomic mass is 15.1. The van der Waals surface area contributed by atoms with Gasteiger partial charge >= 0.3 is 0 Å². The molecular weight excluding hydrogens is 484 g/mol. The second-order valence-electron chi connectivity index (χ2n) is 11.4. The zero-order chi connectivity index (χ0) is 27.4. The Balaban J connectivity index is 1.44. The molecule has 7 rings (SSSR count). The Morgan fingerprint density at radius 3 is 1.80 bits per heavy atom. The number of rotatable bonds is 4. The van der Waals surface area contributed by atoms with Crippen LogP contribution in [0.25, 0.3) is 33.3 Å². The van der Waals surface area contributed by atoms with E-state index in [2.05, 4.69) is 154 Å². The van der Waals surface area contributed by atoms with Gasteiger partial charge in [0.15, 0.2) is 0 Å². The summed E-state index contributed by atoms with van der Waals surface area (Å²) < 4.78 is 0. The first-order valence-electron chi connectivity index (χ1n) is 14.0. The minimum absolute atomic E-state index is 0.0849. The number of anilines is 3. The highest BCUT2D eigenvalue weighted by Crippen LogP contribution is 2.53. The fraction of sp³-hybridized carbons (Fsp3) is 0.132. The molecule has 0 bridgehead atoms. The predicted octanol–water partition coefficient (Wildman–Crippen LogP) is 10.3. The summed E-state index contributed by atoms with van der Waals surface area (Å²) in [6, 6.07) is 43.6. The summed E-state index contributed by atoms with van der Waals surface area (Å²) in [4.78, 5) is 7.43. The summed E-state index contributed by atoms with van der Waals surface area (Å²) in [6.07, 6.45) is 0. The molecule has 1 aromatic heterocycles. The van der Waals surface area contributed by atoms with Crippen LogP contribution in [-0.2, 0) is 5.41 Å². The van der Waals surface area contributed by atoms with Crippen molar-refractivity contribution < 1.29 is 0 Å². The number of pyridine rings is 1. The molecule has 194 valence electrons. The first-order chi connectivity index (χ1) is 19.4. The van der Waals surface area contributed by atoms with Crippen LogP contribution in [0.4, 0.5) is 17.1 Å². The number of hydrogen-bond acceptors (Lipinski definition) is 2. The molecule has 40 heavy (non-hydrogen) atoms. The molecular formula is C38H32N2. The van der Waals surface area contributed by atoms with Crippen molar-refractivity contribution in [2.75, 3.05) is 4.90 Å². The molecule has 1 aliphatic rings. The van der Waals surface area contributed by atoms with Gasteiger partial charge in [0.2, 0.25) is 0 Å². The number of fused-ring (bicyclic) bond motifs is 4. The quantitative estimate of drug-likeness (QED) is 0.232. The zero-order valence-electron chi connectivity index (χ0n) is 23.4. The maximum Gasteiger partial charge on any atom is 0.0712 e. The monoisotopic (exact) mass is 516 g/mol. The van der Waals surface area contributed by atoms with Gasteiger partial charge in [-0.2, -0.15) is 0 Å². The van der Waals surface area contributed by atoms with Crippen molar-refractivity contribution >= 4 is 28.0 Å². The van der Waals surface area contributed by atoms with Gasteiger partial charge in [-0.15, -0.1) is 0 Å². The van der Waals surface area contributed by atoms with Gasteiger partial charge in [0.1, 0.15) is 0 Å². The van der Waals surface area contributed by atoms with E-state index in [0.29, 0.717) is 0 Å². The van der Waals surface area contributed by atoms with Crippen LogP contribution in [0.15, 0.2) is 121 Å². The smallest absolute Gasteiger partial charge is 0.0712 e. The molecule has 2 heteroatoms. The largest absolute Gasteiger partial charge is 0.310 e. The number of para-hydroxylation sites is 3. The molecule has 5 aromatic carbocycles. The Bertz CT molecular complexity index is 1850. The maximum atomic E-state index is 5.06. The Hall–Kier alpha value is -4.69. The standard InChI is InChI=1S/C38H32N2/c1-25-21-33-31(23-30(25)36-20-19-27-13-11-12-18-35(27)39-36)32-24-37(26(2)22-34(32)38(33,3)4)40(28-14-7-5-8-15-28)29-16-9-6-10-17-29/h5-24H,1-4H3. The van der Waals surface area contributed by atoms with Gasteiger partial charge < -0.3 is 4.90 Å². The van der Waals surface area contributed by atoms with Crippen LogP contribution in [0.2, 0.25) is 0 Å². The van der Waals surface area contributed by atoms with E-state index in [1.807, 2.05) is 0 Å². The van der Waals surface area contributed by atoms with Gasteiger partial charge in [-0.25, -0.2) is 4.98 Å². The summed E-state index contributed by atoms with van der Waals surface area (Å²) in [5.74, 6) is 0. The van der Waals surface area contributed by atoms with Gasteiger partial charge in [0, 0.05) is 33.4 Å². The van der Waals surface area contributed by atoms with Crippen LogP contribution >= 0.6 is 0 Å². The number of benzene rings is 5. The van der Waals surface area contributed by atoms with Crippen LogP contribution in [0.5, 0.6) is 0 Å². The second-order valence-corrected chi connectivity index (χ2v) is 11.4. The summed E-state index contributed by atoms with van der Waals surface area (Å²) in [5.41, 5.74) is 14.6. The van der Waals surface area contributed by atoms with Crippen molar-refractivity contribution in [2.45, 2.75) is 33.1 Å². The summed E-state index contributed by atoms with van der Waals surface area (Å²) >= 11 is 0. The molecule has 0 amide bonds. The van der Waals surface area contributed by atoms with E-state index in [1.54, 1.807) is 0 Å². The third kappa shape index (κ3) is 3.83. The van der Waals surface area contributed by atoms with Gasteiger partial charge in [-0.1, -0.05) is 86.6 Å². The molecule has 2 nitrogen and oxygen atoms in total. The van der Waals surface area contributed by atoms with Crippen LogP contribution in [0.1, 0.15) is 36.1 Å². The topological polar surface area (TPSA) is 16.1 Å². The molecule has 0 spiro atoms. The van der Waals surface area contributed by atoms with E-state index < -0.39 is 0 Å². The molecule has 0 atom stereocenters. The first kappa shape index (κ1) is 24.4. The molecule has 1 aliphatic carbocycles. The lowest BCUT2D eigenvalue weighted by Gasteiger charge is -2.29. The van der Waals surface area contributed by atoms with E-state index in [0.717, 1.165) is 22.6 Å². The molecule has 0 fully saturated rings. The van der Waals surface area contributed by atoms with Crippen LogP contribution in [-0.4, -0.2) is 4.98 Å². The third-order valence-corrected chi connectivity index (χ3v) is 8.48. The molecule has 1 heterocycles. The van der Waals surface area contributed by atoms with E-state index >= 15 is 0 Å². The number of hydrogen-bond donors (Lipinski definition) is 0. The molecule has 0 unspecified atom stereocenters. The highest BCUT2D eigenvalue weighted by molar-refractivity contribution is 5.91. The Morgan fingerprint density at radius 2 is 1.12 bits per heavy atom. The highest BCUT2D eigenvalue weighted by Gasteiger charge is 2.37. The first-order valence-corrected chi connectivity index (χ1v) is 14.0. The third-order valence-electron chi connectivity index (χ3n) is 8.48. The van der Waals surface area contributed by atoms with E-state index in [1.165, 1.54) is 50.0 Å². The minimum atomic E-state index is -0.0849. The van der Waals surface area contributed by atoms with Crippen molar-refractivity contribution in [2.24, 2.45) is 0 Å². The van der Waals surface area contributed by atoms with E-state index in [-0.39, 0.29) is 5.41 Å². The fourth-order valence-corrected chi connectivity index (χ4v) is 6.34. The van der Waals surface area contributed by atoms with Crippen LogP contribution in [0.3, 0.4) is 0 Å². The molecule has 0 saturated heterocycles. The SMILES string of the molecule is Cc1cc2c(cc1-c1ccc3ccccc3n1)-c1cc(N(c3ccccc3)c3ccccc3)c(C)cc1C2(C)C. The summed E-state index contributed by atoms with van der Waals surface area (Å²) in [7, 11) is 0. The van der Waals surface area contributed by atoms with Crippen molar-refractivity contribution in [3.8, 4) is 22.4 Å². The molecule has 0 radical (unpaired) electrons. The van der Waals surface area contributed by atoms with Gasteiger partial charge in [0.25, 0.3) is 0 Å².